The molecule has 0 spiro atoms. The Morgan fingerprint density at radius 1 is 1.17 bits per heavy atom. The Morgan fingerprint density at radius 2 is 2.00 bits per heavy atom. The first-order chi connectivity index (χ1) is 14.7. The number of amides is 1. The van der Waals surface area contributed by atoms with Gasteiger partial charge in [-0.25, -0.2) is 4.98 Å². The third-order valence-electron chi connectivity index (χ3n) is 5.62. The average molecular weight is 422 g/mol. The van der Waals surface area contributed by atoms with Crippen LogP contribution in [0, 0.1) is 0 Å². The van der Waals surface area contributed by atoms with Crippen molar-refractivity contribution < 1.29 is 14.3 Å². The third-order valence-corrected chi connectivity index (χ3v) is 6.55. The lowest BCUT2D eigenvalue weighted by molar-refractivity contribution is -0.133. The monoisotopic (exact) mass is 421 g/mol. The number of nitrogens with zero attached hydrogens (tertiary/aromatic N) is 3. The molecule has 154 valence electrons. The summed E-state index contributed by atoms with van der Waals surface area (Å²) < 4.78 is 14.5. The molecule has 2 aromatic heterocycles. The van der Waals surface area contributed by atoms with Gasteiger partial charge in [-0.1, -0.05) is 29.5 Å². The number of carbonyl (C=O) groups excluding carboxylic acids is 1. The van der Waals surface area contributed by atoms with Gasteiger partial charge in [0.15, 0.2) is 0 Å². The minimum absolute atomic E-state index is 0.0870. The smallest absolute Gasteiger partial charge is 0.274 e. The summed E-state index contributed by atoms with van der Waals surface area (Å²) in [6.45, 7) is 1.79. The van der Waals surface area contributed by atoms with Crippen molar-refractivity contribution in [1.29, 1.82) is 0 Å². The van der Waals surface area contributed by atoms with E-state index in [4.69, 9.17) is 9.47 Å². The number of para-hydroxylation sites is 1. The first kappa shape index (κ1) is 18.9. The molecule has 0 atom stereocenters. The van der Waals surface area contributed by atoms with Crippen LogP contribution in [-0.2, 0) is 11.3 Å². The van der Waals surface area contributed by atoms with E-state index in [9.17, 15) is 4.79 Å². The predicted molar refractivity (Wildman–Crippen MR) is 118 cm³/mol. The highest BCUT2D eigenvalue weighted by Gasteiger charge is 2.25. The number of hydrogen-bond acceptors (Lipinski definition) is 5. The summed E-state index contributed by atoms with van der Waals surface area (Å²) in [5, 5.41) is 1.84. The van der Waals surface area contributed by atoms with E-state index < -0.39 is 0 Å². The van der Waals surface area contributed by atoms with Crippen molar-refractivity contribution >= 4 is 38.4 Å². The zero-order valence-electron chi connectivity index (χ0n) is 16.8. The minimum Gasteiger partial charge on any atom is -0.497 e. The van der Waals surface area contributed by atoms with E-state index in [0.29, 0.717) is 24.8 Å². The molecule has 0 radical (unpaired) electrons. The average Bonchev–Trinajstić information content (AvgIpc) is 3.37. The highest BCUT2D eigenvalue weighted by atomic mass is 32.1. The fourth-order valence-corrected chi connectivity index (χ4v) is 4.81. The molecule has 1 fully saturated rings. The predicted octanol–water partition coefficient (Wildman–Crippen LogP) is 4.33. The lowest BCUT2D eigenvalue weighted by Gasteiger charge is -2.31. The van der Waals surface area contributed by atoms with E-state index in [1.807, 2.05) is 46.0 Å². The van der Waals surface area contributed by atoms with Gasteiger partial charge in [-0.3, -0.25) is 4.79 Å². The first-order valence-corrected chi connectivity index (χ1v) is 10.9. The van der Waals surface area contributed by atoms with Gasteiger partial charge in [0.2, 0.25) is 5.91 Å². The molecule has 5 rings (SSSR count). The molecule has 6 nitrogen and oxygen atoms in total. The molecular weight excluding hydrogens is 398 g/mol. The summed E-state index contributed by atoms with van der Waals surface area (Å²) in [4.78, 5) is 19.3. The van der Waals surface area contributed by atoms with Gasteiger partial charge in [-0.2, -0.15) is 0 Å². The van der Waals surface area contributed by atoms with Crippen molar-refractivity contribution in [3.05, 3.63) is 54.7 Å². The maximum absolute atomic E-state index is 12.8. The largest absolute Gasteiger partial charge is 0.497 e. The van der Waals surface area contributed by atoms with E-state index in [1.54, 1.807) is 18.4 Å². The van der Waals surface area contributed by atoms with Crippen LogP contribution in [0.1, 0.15) is 12.8 Å². The lowest BCUT2D eigenvalue weighted by atomic mass is 10.1. The molecule has 7 heteroatoms. The number of hydrogen-bond donors (Lipinski definition) is 0. The summed E-state index contributed by atoms with van der Waals surface area (Å²) in [5.74, 6) is 0.948. The zero-order chi connectivity index (χ0) is 20.5. The molecule has 0 saturated carbocycles. The van der Waals surface area contributed by atoms with Gasteiger partial charge in [0.1, 0.15) is 18.4 Å². The number of aromatic nitrogens is 2. The number of likely N-dealkylation sites (tertiary alicyclic amines) is 1. The van der Waals surface area contributed by atoms with Gasteiger partial charge < -0.3 is 18.9 Å². The van der Waals surface area contributed by atoms with Crippen LogP contribution < -0.4 is 9.47 Å². The van der Waals surface area contributed by atoms with Crippen LogP contribution in [0.3, 0.4) is 0 Å². The SMILES string of the molecule is COc1ccc2sc(OC3CCN(C(=O)Cn4ccc5ccccc54)CC3)nc2c1. The number of carbonyl (C=O) groups is 1. The molecule has 0 unspecified atom stereocenters. The van der Waals surface area contributed by atoms with E-state index in [-0.39, 0.29) is 12.0 Å². The summed E-state index contributed by atoms with van der Waals surface area (Å²) in [7, 11) is 1.65. The molecule has 0 N–H and O–H groups in total. The fraction of sp³-hybridized carbons (Fsp3) is 0.304. The minimum atomic E-state index is 0.0870. The van der Waals surface area contributed by atoms with Crippen LogP contribution in [0.2, 0.25) is 0 Å². The summed E-state index contributed by atoms with van der Waals surface area (Å²) in [6, 6.07) is 16.0. The molecule has 3 heterocycles. The van der Waals surface area contributed by atoms with Gasteiger partial charge in [-0.15, -0.1) is 0 Å². The maximum Gasteiger partial charge on any atom is 0.274 e. The topological polar surface area (TPSA) is 56.6 Å². The van der Waals surface area contributed by atoms with Crippen molar-refractivity contribution in [2.45, 2.75) is 25.5 Å². The summed E-state index contributed by atoms with van der Waals surface area (Å²) in [5.41, 5.74) is 1.98. The van der Waals surface area contributed by atoms with Crippen LogP contribution in [0.4, 0.5) is 0 Å². The standard InChI is InChI=1S/C23H23N3O3S/c1-28-18-6-7-21-19(14-18)24-23(30-21)29-17-9-12-25(13-10-17)22(27)15-26-11-8-16-4-2-3-5-20(16)26/h2-8,11,14,17H,9-10,12-13,15H2,1H3. The number of methoxy groups -OCH3 is 1. The van der Waals surface area contributed by atoms with Gasteiger partial charge in [-0.05, 0) is 29.7 Å². The number of ether oxygens (including phenoxy) is 2. The Balaban J connectivity index is 1.18. The quantitative estimate of drug-likeness (QED) is 0.481. The zero-order valence-corrected chi connectivity index (χ0v) is 17.6. The van der Waals surface area contributed by atoms with Crippen LogP contribution in [0.5, 0.6) is 10.9 Å². The normalized spacial score (nSPS) is 15.0. The molecule has 1 amide bonds. The van der Waals surface area contributed by atoms with Crippen molar-refractivity contribution in [3.8, 4) is 10.9 Å². The molecule has 1 saturated heterocycles. The third kappa shape index (κ3) is 3.73. The van der Waals surface area contributed by atoms with Crippen molar-refractivity contribution in [2.24, 2.45) is 0 Å². The van der Waals surface area contributed by atoms with Crippen LogP contribution in [0.15, 0.2) is 54.7 Å². The Labute approximate surface area is 178 Å². The van der Waals surface area contributed by atoms with Crippen LogP contribution >= 0.6 is 11.3 Å². The Hall–Kier alpha value is -3.06. The summed E-state index contributed by atoms with van der Waals surface area (Å²) in [6.07, 6.45) is 3.71. The number of thiazole rings is 1. The Kier molecular flexibility index (Phi) is 5.04. The molecule has 1 aliphatic heterocycles. The molecule has 2 aromatic carbocycles. The van der Waals surface area contributed by atoms with Gasteiger partial charge >= 0.3 is 0 Å². The lowest BCUT2D eigenvalue weighted by Crippen LogP contribution is -2.43. The molecular formula is C23H23N3O3S. The molecule has 0 aliphatic carbocycles. The number of benzene rings is 2. The van der Waals surface area contributed by atoms with E-state index in [2.05, 4.69) is 23.2 Å². The van der Waals surface area contributed by atoms with Gasteiger partial charge in [0.05, 0.1) is 17.3 Å². The highest BCUT2D eigenvalue weighted by Crippen LogP contribution is 2.32. The van der Waals surface area contributed by atoms with Gasteiger partial charge in [0, 0.05) is 43.7 Å². The maximum atomic E-state index is 12.8. The molecule has 1 aliphatic rings. The Morgan fingerprint density at radius 3 is 2.83 bits per heavy atom. The second-order valence-electron chi connectivity index (χ2n) is 7.51. The summed E-state index contributed by atoms with van der Waals surface area (Å²) >= 11 is 1.55. The fourth-order valence-electron chi connectivity index (χ4n) is 3.95. The van der Waals surface area contributed by atoms with E-state index >= 15 is 0 Å². The van der Waals surface area contributed by atoms with E-state index in [1.165, 1.54) is 0 Å². The number of fused-ring (bicyclic) bond motifs is 2. The second-order valence-corrected chi connectivity index (χ2v) is 8.51. The molecule has 30 heavy (non-hydrogen) atoms. The molecule has 0 bridgehead atoms. The highest BCUT2D eigenvalue weighted by molar-refractivity contribution is 7.20. The Bertz CT molecular complexity index is 1190. The van der Waals surface area contributed by atoms with Crippen LogP contribution in [-0.4, -0.2) is 46.7 Å². The van der Waals surface area contributed by atoms with E-state index in [0.717, 1.165) is 39.7 Å². The van der Waals surface area contributed by atoms with Gasteiger partial charge in [0.25, 0.3) is 5.19 Å². The van der Waals surface area contributed by atoms with Crippen molar-refractivity contribution in [1.82, 2.24) is 14.5 Å². The van der Waals surface area contributed by atoms with Crippen molar-refractivity contribution in [3.63, 3.8) is 0 Å². The number of rotatable bonds is 5. The molecule has 4 aromatic rings. The first-order valence-electron chi connectivity index (χ1n) is 10.1. The second kappa shape index (κ2) is 7.99. The van der Waals surface area contributed by atoms with Crippen LogP contribution in [0.25, 0.3) is 21.1 Å². The number of piperidine rings is 1. The van der Waals surface area contributed by atoms with Crippen molar-refractivity contribution in [2.75, 3.05) is 20.2 Å².